The van der Waals surface area contributed by atoms with Gasteiger partial charge in [-0.1, -0.05) is 0 Å². The summed E-state index contributed by atoms with van der Waals surface area (Å²) in [5, 5.41) is 17.4. The first-order chi connectivity index (χ1) is 8.43. The van der Waals surface area contributed by atoms with E-state index in [9.17, 15) is 18.3 Å². The van der Waals surface area contributed by atoms with Crippen molar-refractivity contribution in [3.8, 4) is 0 Å². The molecule has 0 spiro atoms. The zero-order valence-electron chi connectivity index (χ0n) is 9.69. The Morgan fingerprint density at radius 2 is 2.17 bits per heavy atom. The molecule has 1 aromatic heterocycles. The van der Waals surface area contributed by atoms with Crippen LogP contribution in [-0.2, 0) is 13.0 Å². The van der Waals surface area contributed by atoms with E-state index in [1.165, 1.54) is 4.57 Å². The molecule has 0 bridgehead atoms. The van der Waals surface area contributed by atoms with Gasteiger partial charge in [-0.15, -0.1) is 10.2 Å². The Hall–Kier alpha value is -1.15. The molecule has 0 amide bonds. The maximum atomic E-state index is 12.7. The first-order valence-corrected chi connectivity index (χ1v) is 5.80. The van der Waals surface area contributed by atoms with E-state index in [0.717, 1.165) is 0 Å². The smallest absolute Gasteiger partial charge is 0.385 e. The molecule has 5 nitrogen and oxygen atoms in total. The minimum atomic E-state index is -4.22. The number of aliphatic hydroxyl groups excluding tert-OH is 1. The third-order valence-corrected chi connectivity index (χ3v) is 3.18. The summed E-state index contributed by atoms with van der Waals surface area (Å²) >= 11 is 0. The average Bonchev–Trinajstić information content (AvgIpc) is 2.70. The Bertz CT molecular complexity index is 418. The molecule has 3 N–H and O–H groups in total. The van der Waals surface area contributed by atoms with Gasteiger partial charge in [0.15, 0.2) is 5.82 Å². The Morgan fingerprint density at radius 1 is 1.44 bits per heavy atom. The minimum Gasteiger partial charge on any atom is -0.385 e. The highest BCUT2D eigenvalue weighted by molar-refractivity contribution is 5.03. The quantitative estimate of drug-likeness (QED) is 0.846. The lowest BCUT2D eigenvalue weighted by molar-refractivity contribution is -0.182. The number of aliphatic hydroxyl groups is 1. The van der Waals surface area contributed by atoms with Gasteiger partial charge in [0.1, 0.15) is 11.9 Å². The van der Waals surface area contributed by atoms with Crippen LogP contribution in [0.15, 0.2) is 0 Å². The highest BCUT2D eigenvalue weighted by atomic mass is 19.4. The van der Waals surface area contributed by atoms with Crippen LogP contribution in [0.1, 0.15) is 30.6 Å². The van der Waals surface area contributed by atoms with Crippen LogP contribution in [0.5, 0.6) is 0 Å². The SMILES string of the molecule is NCCC(O)c1nnc2n1CC(C(F)(F)F)CC2. The molecule has 1 aliphatic heterocycles. The van der Waals surface area contributed by atoms with Crippen molar-refractivity contribution in [3.63, 3.8) is 0 Å². The van der Waals surface area contributed by atoms with Gasteiger partial charge in [-0.2, -0.15) is 13.2 Å². The molecule has 0 aromatic carbocycles. The predicted octanol–water partition coefficient (Wildman–Crippen LogP) is 0.785. The zero-order valence-corrected chi connectivity index (χ0v) is 9.69. The Kier molecular flexibility index (Phi) is 3.58. The van der Waals surface area contributed by atoms with Crippen molar-refractivity contribution in [1.29, 1.82) is 0 Å². The lowest BCUT2D eigenvalue weighted by Crippen LogP contribution is -2.33. The van der Waals surface area contributed by atoms with Gasteiger partial charge in [-0.25, -0.2) is 0 Å². The van der Waals surface area contributed by atoms with E-state index in [1.54, 1.807) is 0 Å². The lowest BCUT2D eigenvalue weighted by atomic mass is 9.98. The fourth-order valence-corrected chi connectivity index (χ4v) is 2.15. The molecule has 1 aliphatic rings. The summed E-state index contributed by atoms with van der Waals surface area (Å²) in [5.41, 5.74) is 5.31. The van der Waals surface area contributed by atoms with Crippen LogP contribution in [0.2, 0.25) is 0 Å². The molecule has 18 heavy (non-hydrogen) atoms. The summed E-state index contributed by atoms with van der Waals surface area (Å²) < 4.78 is 39.4. The molecule has 102 valence electrons. The molecule has 2 atom stereocenters. The number of nitrogens with zero attached hydrogens (tertiary/aromatic N) is 3. The number of halogens is 3. The van der Waals surface area contributed by atoms with Crippen molar-refractivity contribution in [2.45, 2.75) is 38.1 Å². The molecule has 8 heteroatoms. The van der Waals surface area contributed by atoms with Crippen LogP contribution in [0.3, 0.4) is 0 Å². The summed E-state index contributed by atoms with van der Waals surface area (Å²) in [6.07, 6.45) is -4.67. The van der Waals surface area contributed by atoms with Crippen molar-refractivity contribution in [2.24, 2.45) is 11.7 Å². The number of hydrogen-bond acceptors (Lipinski definition) is 4. The summed E-state index contributed by atoms with van der Waals surface area (Å²) in [4.78, 5) is 0. The maximum absolute atomic E-state index is 12.7. The summed E-state index contributed by atoms with van der Waals surface area (Å²) in [6.45, 7) is 0.0227. The van der Waals surface area contributed by atoms with E-state index in [2.05, 4.69) is 10.2 Å². The van der Waals surface area contributed by atoms with Gasteiger partial charge in [0.25, 0.3) is 0 Å². The van der Waals surface area contributed by atoms with Gasteiger partial charge in [-0.05, 0) is 19.4 Å². The zero-order chi connectivity index (χ0) is 13.3. The van der Waals surface area contributed by atoms with E-state index >= 15 is 0 Å². The van der Waals surface area contributed by atoms with Crippen LogP contribution in [0.25, 0.3) is 0 Å². The van der Waals surface area contributed by atoms with Gasteiger partial charge >= 0.3 is 6.18 Å². The highest BCUT2D eigenvalue weighted by Crippen LogP contribution is 2.35. The van der Waals surface area contributed by atoms with Crippen molar-refractivity contribution in [2.75, 3.05) is 6.54 Å². The number of nitrogens with two attached hydrogens (primary N) is 1. The van der Waals surface area contributed by atoms with Crippen LogP contribution in [-0.4, -0.2) is 32.6 Å². The summed E-state index contributed by atoms with van der Waals surface area (Å²) in [5.74, 6) is -0.712. The third-order valence-electron chi connectivity index (χ3n) is 3.18. The predicted molar refractivity (Wildman–Crippen MR) is 56.5 cm³/mol. The number of fused-ring (bicyclic) bond motifs is 1. The first kappa shape index (κ1) is 13.3. The standard InChI is InChI=1S/C10H15F3N4O/c11-10(12,13)6-1-2-8-15-16-9(17(8)5-6)7(18)3-4-14/h6-7,18H,1-5,14H2. The number of rotatable bonds is 3. The second kappa shape index (κ2) is 4.85. The third kappa shape index (κ3) is 2.49. The molecular weight excluding hydrogens is 249 g/mol. The fraction of sp³-hybridized carbons (Fsp3) is 0.800. The molecule has 1 aromatic rings. The van der Waals surface area contributed by atoms with Gasteiger partial charge in [0, 0.05) is 13.0 Å². The van der Waals surface area contributed by atoms with E-state index in [4.69, 9.17) is 5.73 Å². The molecule has 2 rings (SSSR count). The van der Waals surface area contributed by atoms with E-state index in [0.29, 0.717) is 5.82 Å². The molecule has 0 radical (unpaired) electrons. The molecule has 2 heterocycles. The Labute approximate surface area is 102 Å². The number of alkyl halides is 3. The van der Waals surface area contributed by atoms with E-state index in [-0.39, 0.29) is 38.2 Å². The fourth-order valence-electron chi connectivity index (χ4n) is 2.15. The molecule has 0 fully saturated rings. The van der Waals surface area contributed by atoms with Crippen molar-refractivity contribution < 1.29 is 18.3 Å². The summed E-state index contributed by atoms with van der Waals surface area (Å²) in [6, 6.07) is 0. The molecule has 2 unspecified atom stereocenters. The number of aromatic nitrogens is 3. The van der Waals surface area contributed by atoms with Gasteiger partial charge in [0.05, 0.1) is 5.92 Å². The van der Waals surface area contributed by atoms with Crippen molar-refractivity contribution in [3.05, 3.63) is 11.6 Å². The normalized spacial score (nSPS) is 21.7. The molecule has 0 saturated heterocycles. The maximum Gasteiger partial charge on any atom is 0.393 e. The van der Waals surface area contributed by atoms with Crippen LogP contribution < -0.4 is 5.73 Å². The van der Waals surface area contributed by atoms with Crippen LogP contribution >= 0.6 is 0 Å². The number of hydrogen-bond donors (Lipinski definition) is 2. The second-order valence-electron chi connectivity index (χ2n) is 4.46. The monoisotopic (exact) mass is 264 g/mol. The van der Waals surface area contributed by atoms with Gasteiger partial charge < -0.3 is 15.4 Å². The molecule has 0 saturated carbocycles. The Balaban J connectivity index is 2.22. The summed E-state index contributed by atoms with van der Waals surface area (Å²) in [7, 11) is 0. The van der Waals surface area contributed by atoms with Crippen LogP contribution in [0.4, 0.5) is 13.2 Å². The minimum absolute atomic E-state index is 0.0224. The second-order valence-corrected chi connectivity index (χ2v) is 4.46. The first-order valence-electron chi connectivity index (χ1n) is 5.80. The van der Waals surface area contributed by atoms with Crippen molar-refractivity contribution in [1.82, 2.24) is 14.8 Å². The van der Waals surface area contributed by atoms with Gasteiger partial charge in [0.2, 0.25) is 0 Å². The van der Waals surface area contributed by atoms with E-state index in [1.807, 2.05) is 0 Å². The largest absolute Gasteiger partial charge is 0.393 e. The average molecular weight is 264 g/mol. The van der Waals surface area contributed by atoms with Crippen LogP contribution in [0, 0.1) is 5.92 Å². The molecular formula is C10H15F3N4O. The number of aryl methyl sites for hydroxylation is 1. The van der Waals surface area contributed by atoms with Gasteiger partial charge in [-0.3, -0.25) is 0 Å². The lowest BCUT2D eigenvalue weighted by Gasteiger charge is -2.26. The van der Waals surface area contributed by atoms with Crippen molar-refractivity contribution >= 4 is 0 Å². The molecule has 0 aliphatic carbocycles. The van der Waals surface area contributed by atoms with E-state index < -0.39 is 18.2 Å². The topological polar surface area (TPSA) is 77.0 Å². The highest BCUT2D eigenvalue weighted by Gasteiger charge is 2.42. The Morgan fingerprint density at radius 3 is 2.78 bits per heavy atom.